The third-order valence-corrected chi connectivity index (χ3v) is 3.83. The minimum atomic E-state index is -0.410. The van der Waals surface area contributed by atoms with E-state index in [4.69, 9.17) is 0 Å². The lowest BCUT2D eigenvalue weighted by Gasteiger charge is -2.21. The Morgan fingerprint density at radius 2 is 1.68 bits per heavy atom. The average Bonchev–Trinajstić information content (AvgIpc) is 2.59. The van der Waals surface area contributed by atoms with Gasteiger partial charge in [0.15, 0.2) is 0 Å². The van der Waals surface area contributed by atoms with E-state index in [0.717, 1.165) is 0 Å². The van der Waals surface area contributed by atoms with Crippen molar-refractivity contribution in [2.45, 2.75) is 13.3 Å². The quantitative estimate of drug-likeness (QED) is 0.838. The highest BCUT2D eigenvalue weighted by Gasteiger charge is 2.11. The van der Waals surface area contributed by atoms with Gasteiger partial charge in [-0.25, -0.2) is 8.78 Å². The molecule has 25 heavy (non-hydrogen) atoms. The first-order valence-electron chi connectivity index (χ1n) is 8.00. The molecule has 0 saturated heterocycles. The molecule has 0 bridgehead atoms. The Kier molecular flexibility index (Phi) is 6.62. The molecule has 0 saturated carbocycles. The van der Waals surface area contributed by atoms with Crippen molar-refractivity contribution >= 4 is 11.8 Å². The Balaban J connectivity index is 1.83. The lowest BCUT2D eigenvalue weighted by molar-refractivity contribution is -0.128. The molecule has 0 aliphatic heterocycles. The van der Waals surface area contributed by atoms with Crippen molar-refractivity contribution in [3.05, 3.63) is 71.3 Å². The first-order valence-corrected chi connectivity index (χ1v) is 8.00. The molecule has 2 rings (SSSR count). The van der Waals surface area contributed by atoms with Crippen LogP contribution in [0.25, 0.3) is 0 Å². The van der Waals surface area contributed by atoms with Gasteiger partial charge in [0.05, 0.1) is 0 Å². The van der Waals surface area contributed by atoms with Gasteiger partial charge >= 0.3 is 0 Å². The molecule has 0 spiro atoms. The van der Waals surface area contributed by atoms with Gasteiger partial charge in [-0.1, -0.05) is 18.2 Å². The number of benzene rings is 2. The minimum absolute atomic E-state index is 0.146. The van der Waals surface area contributed by atoms with E-state index in [1.807, 2.05) is 0 Å². The van der Waals surface area contributed by atoms with E-state index in [1.165, 1.54) is 37.3 Å². The zero-order valence-corrected chi connectivity index (χ0v) is 14.0. The van der Waals surface area contributed by atoms with Crippen molar-refractivity contribution in [3.63, 3.8) is 0 Å². The highest BCUT2D eigenvalue weighted by Crippen LogP contribution is 2.08. The van der Waals surface area contributed by atoms with E-state index in [1.54, 1.807) is 23.1 Å². The molecule has 2 aromatic rings. The maximum absolute atomic E-state index is 13.6. The third-order valence-electron chi connectivity index (χ3n) is 3.83. The van der Waals surface area contributed by atoms with Crippen LogP contribution < -0.4 is 5.32 Å². The largest absolute Gasteiger partial charge is 0.350 e. The number of hydrogen-bond acceptors (Lipinski definition) is 2. The van der Waals surface area contributed by atoms with Gasteiger partial charge in [0.25, 0.3) is 5.91 Å². The molecule has 2 amide bonds. The number of carbonyl (C=O) groups is 2. The van der Waals surface area contributed by atoms with E-state index in [2.05, 4.69) is 5.32 Å². The third kappa shape index (κ3) is 5.67. The second-order valence-corrected chi connectivity index (χ2v) is 5.61. The smallest absolute Gasteiger partial charge is 0.251 e. The zero-order valence-electron chi connectivity index (χ0n) is 14.0. The molecule has 0 heterocycles. The monoisotopic (exact) mass is 346 g/mol. The Morgan fingerprint density at radius 3 is 2.32 bits per heavy atom. The Hall–Kier alpha value is -2.76. The molecule has 0 unspecified atom stereocenters. The predicted molar refractivity (Wildman–Crippen MR) is 91.1 cm³/mol. The van der Waals surface area contributed by atoms with Crippen molar-refractivity contribution in [3.8, 4) is 0 Å². The zero-order chi connectivity index (χ0) is 18.2. The number of nitrogens with zero attached hydrogens (tertiary/aromatic N) is 1. The van der Waals surface area contributed by atoms with E-state index in [0.29, 0.717) is 30.6 Å². The number of halogens is 2. The molecular weight excluding hydrogens is 326 g/mol. The molecule has 0 aromatic heterocycles. The normalized spacial score (nSPS) is 10.4. The Bertz CT molecular complexity index is 732. The van der Waals surface area contributed by atoms with Crippen LogP contribution in [0.5, 0.6) is 0 Å². The minimum Gasteiger partial charge on any atom is -0.350 e. The predicted octanol–water partition coefficient (Wildman–Crippen LogP) is 2.79. The summed E-state index contributed by atoms with van der Waals surface area (Å²) in [5.74, 6) is -1.19. The summed E-state index contributed by atoms with van der Waals surface area (Å²) in [7, 11) is 0. The van der Waals surface area contributed by atoms with Gasteiger partial charge in [-0.2, -0.15) is 0 Å². The van der Waals surface area contributed by atoms with Crippen LogP contribution in [0, 0.1) is 11.6 Å². The summed E-state index contributed by atoms with van der Waals surface area (Å²) in [6, 6.07) is 11.7. The molecule has 2 aromatic carbocycles. The molecule has 0 aliphatic rings. The number of hydrogen-bond donors (Lipinski definition) is 1. The van der Waals surface area contributed by atoms with Crippen LogP contribution in [-0.4, -0.2) is 36.3 Å². The standard InChI is InChI=1S/C19H20F2N2O2/c1-14(24)23(12-10-15-4-2-3-5-18(15)21)13-11-22-19(25)16-6-8-17(20)9-7-16/h2-9H,10-13H2,1H3,(H,22,25). The molecule has 0 atom stereocenters. The lowest BCUT2D eigenvalue weighted by atomic mass is 10.1. The fraction of sp³-hybridized carbons (Fsp3) is 0.263. The van der Waals surface area contributed by atoms with Crippen LogP contribution >= 0.6 is 0 Å². The second-order valence-electron chi connectivity index (χ2n) is 5.61. The van der Waals surface area contributed by atoms with E-state index in [9.17, 15) is 18.4 Å². The first kappa shape index (κ1) is 18.6. The lowest BCUT2D eigenvalue weighted by Crippen LogP contribution is -2.38. The summed E-state index contributed by atoms with van der Waals surface area (Å²) < 4.78 is 26.5. The first-order chi connectivity index (χ1) is 12.0. The van der Waals surface area contributed by atoms with Gasteiger partial charge in [0.1, 0.15) is 11.6 Å². The number of amides is 2. The Morgan fingerprint density at radius 1 is 1.00 bits per heavy atom. The summed E-state index contributed by atoms with van der Waals surface area (Å²) >= 11 is 0. The van der Waals surface area contributed by atoms with Crippen LogP contribution in [-0.2, 0) is 11.2 Å². The number of nitrogens with one attached hydrogen (secondary N) is 1. The molecule has 0 aliphatic carbocycles. The highest BCUT2D eigenvalue weighted by molar-refractivity contribution is 5.94. The Labute approximate surface area is 145 Å². The van der Waals surface area contributed by atoms with E-state index in [-0.39, 0.29) is 24.2 Å². The summed E-state index contributed by atoms with van der Waals surface area (Å²) in [6.45, 7) is 2.37. The second kappa shape index (κ2) is 8.92. The SMILES string of the molecule is CC(=O)N(CCNC(=O)c1ccc(F)cc1)CCc1ccccc1F. The highest BCUT2D eigenvalue weighted by atomic mass is 19.1. The van der Waals surface area contributed by atoms with Gasteiger partial charge < -0.3 is 10.2 Å². The van der Waals surface area contributed by atoms with Crippen molar-refractivity contribution in [2.75, 3.05) is 19.6 Å². The summed E-state index contributed by atoms with van der Waals surface area (Å²) in [5, 5.41) is 2.68. The van der Waals surface area contributed by atoms with Gasteiger partial charge in [-0.3, -0.25) is 9.59 Å². The van der Waals surface area contributed by atoms with Crippen LogP contribution in [0.15, 0.2) is 48.5 Å². The van der Waals surface area contributed by atoms with E-state index >= 15 is 0 Å². The topological polar surface area (TPSA) is 49.4 Å². The molecule has 6 heteroatoms. The molecule has 0 radical (unpaired) electrons. The van der Waals surface area contributed by atoms with Crippen molar-refractivity contribution in [1.29, 1.82) is 0 Å². The van der Waals surface area contributed by atoms with Gasteiger partial charge in [-0.05, 0) is 42.3 Å². The van der Waals surface area contributed by atoms with Gasteiger partial charge in [0.2, 0.25) is 5.91 Å². The van der Waals surface area contributed by atoms with Gasteiger partial charge in [0, 0.05) is 32.1 Å². The van der Waals surface area contributed by atoms with Crippen molar-refractivity contribution in [2.24, 2.45) is 0 Å². The fourth-order valence-electron chi connectivity index (χ4n) is 2.39. The average molecular weight is 346 g/mol. The molecule has 132 valence electrons. The fourth-order valence-corrected chi connectivity index (χ4v) is 2.39. The van der Waals surface area contributed by atoms with Gasteiger partial charge in [-0.15, -0.1) is 0 Å². The summed E-state index contributed by atoms with van der Waals surface area (Å²) in [6.07, 6.45) is 0.401. The van der Waals surface area contributed by atoms with E-state index < -0.39 is 5.82 Å². The maximum atomic E-state index is 13.6. The summed E-state index contributed by atoms with van der Waals surface area (Å²) in [4.78, 5) is 25.2. The van der Waals surface area contributed by atoms with Crippen LogP contribution in [0.2, 0.25) is 0 Å². The van der Waals surface area contributed by atoms with Crippen molar-refractivity contribution < 1.29 is 18.4 Å². The molecule has 1 N–H and O–H groups in total. The summed E-state index contributed by atoms with van der Waals surface area (Å²) in [5.41, 5.74) is 0.895. The number of rotatable bonds is 7. The van der Waals surface area contributed by atoms with Crippen LogP contribution in [0.4, 0.5) is 8.78 Å². The molecular formula is C19H20F2N2O2. The molecule has 0 fully saturated rings. The van der Waals surface area contributed by atoms with Crippen molar-refractivity contribution in [1.82, 2.24) is 10.2 Å². The van der Waals surface area contributed by atoms with Crippen LogP contribution in [0.1, 0.15) is 22.8 Å². The number of carbonyl (C=O) groups excluding carboxylic acids is 2. The van der Waals surface area contributed by atoms with Crippen LogP contribution in [0.3, 0.4) is 0 Å². The molecule has 4 nitrogen and oxygen atoms in total. The maximum Gasteiger partial charge on any atom is 0.251 e.